The molecule has 2 aromatic carbocycles. The van der Waals surface area contributed by atoms with Gasteiger partial charge in [0, 0.05) is 42.2 Å². The van der Waals surface area contributed by atoms with Gasteiger partial charge in [-0.15, -0.1) is 6.58 Å². The fourth-order valence-corrected chi connectivity index (χ4v) is 3.16. The lowest BCUT2D eigenvalue weighted by Gasteiger charge is -2.22. The SMILES string of the molecule is C=CCC(N)c1ccccc1-c1ccccc1N1C=CCC1.O=C(O)/C=C/C(=O)O. The van der Waals surface area contributed by atoms with Crippen LogP contribution in [0, 0.1) is 0 Å². The van der Waals surface area contributed by atoms with E-state index in [4.69, 9.17) is 15.9 Å². The first kappa shape index (κ1) is 22.6. The Morgan fingerprint density at radius 3 is 2.20 bits per heavy atom. The molecule has 0 radical (unpaired) electrons. The monoisotopic (exact) mass is 406 g/mol. The van der Waals surface area contributed by atoms with E-state index >= 15 is 0 Å². The third-order valence-corrected chi connectivity index (χ3v) is 4.48. The second-order valence-corrected chi connectivity index (χ2v) is 6.61. The fraction of sp³-hybridized carbons (Fsp3) is 0.167. The van der Waals surface area contributed by atoms with Crippen molar-refractivity contribution in [1.29, 1.82) is 0 Å². The highest BCUT2D eigenvalue weighted by atomic mass is 16.4. The summed E-state index contributed by atoms with van der Waals surface area (Å²) in [4.78, 5) is 21.4. The summed E-state index contributed by atoms with van der Waals surface area (Å²) in [5.41, 5.74) is 11.2. The third kappa shape index (κ3) is 6.46. The summed E-state index contributed by atoms with van der Waals surface area (Å²) in [6, 6.07) is 17.0. The Hall–Kier alpha value is -3.64. The van der Waals surface area contributed by atoms with Crippen LogP contribution in [0.15, 0.2) is 85.6 Å². The van der Waals surface area contributed by atoms with Gasteiger partial charge >= 0.3 is 11.9 Å². The van der Waals surface area contributed by atoms with Crippen molar-refractivity contribution >= 4 is 17.6 Å². The van der Waals surface area contributed by atoms with Crippen molar-refractivity contribution in [2.75, 3.05) is 11.4 Å². The van der Waals surface area contributed by atoms with Crippen LogP contribution in [0.25, 0.3) is 11.1 Å². The molecule has 0 bridgehead atoms. The summed E-state index contributed by atoms with van der Waals surface area (Å²) < 4.78 is 0. The van der Waals surface area contributed by atoms with Gasteiger partial charge in [0.1, 0.15) is 0 Å². The zero-order chi connectivity index (χ0) is 21.9. The van der Waals surface area contributed by atoms with Gasteiger partial charge in [-0.05, 0) is 30.0 Å². The van der Waals surface area contributed by atoms with Crippen LogP contribution in [-0.4, -0.2) is 28.7 Å². The number of rotatable bonds is 7. The molecule has 0 fully saturated rings. The van der Waals surface area contributed by atoms with Gasteiger partial charge in [0.25, 0.3) is 0 Å². The van der Waals surface area contributed by atoms with Gasteiger partial charge in [0.15, 0.2) is 0 Å². The van der Waals surface area contributed by atoms with E-state index in [9.17, 15) is 9.59 Å². The minimum Gasteiger partial charge on any atom is -0.478 e. The predicted molar refractivity (Wildman–Crippen MR) is 119 cm³/mol. The van der Waals surface area contributed by atoms with E-state index in [0.29, 0.717) is 12.2 Å². The van der Waals surface area contributed by atoms with Crippen molar-refractivity contribution in [2.24, 2.45) is 5.73 Å². The third-order valence-electron chi connectivity index (χ3n) is 4.48. The zero-order valence-electron chi connectivity index (χ0n) is 16.6. The molecule has 1 heterocycles. The van der Waals surface area contributed by atoms with Crippen molar-refractivity contribution in [1.82, 2.24) is 0 Å². The normalized spacial score (nSPS) is 13.6. The Balaban J connectivity index is 0.000000343. The number of anilines is 1. The number of benzene rings is 2. The highest BCUT2D eigenvalue weighted by Crippen LogP contribution is 2.36. The van der Waals surface area contributed by atoms with Gasteiger partial charge in [0.2, 0.25) is 0 Å². The van der Waals surface area contributed by atoms with Gasteiger partial charge in [0.05, 0.1) is 0 Å². The second kappa shape index (κ2) is 11.4. The first-order valence-electron chi connectivity index (χ1n) is 9.56. The number of carboxylic acid groups (broad SMARTS) is 2. The molecule has 0 saturated carbocycles. The Morgan fingerprint density at radius 2 is 1.63 bits per heavy atom. The van der Waals surface area contributed by atoms with Gasteiger partial charge in [-0.1, -0.05) is 54.6 Å². The molecule has 0 spiro atoms. The summed E-state index contributed by atoms with van der Waals surface area (Å²) in [7, 11) is 0. The summed E-state index contributed by atoms with van der Waals surface area (Å²) in [5.74, 6) is -2.51. The molecule has 1 aliphatic rings. The van der Waals surface area contributed by atoms with Crippen LogP contribution >= 0.6 is 0 Å². The number of carboxylic acids is 2. The number of carbonyl (C=O) groups is 2. The highest BCUT2D eigenvalue weighted by molar-refractivity contribution is 5.89. The van der Waals surface area contributed by atoms with Crippen molar-refractivity contribution in [2.45, 2.75) is 18.9 Å². The summed E-state index contributed by atoms with van der Waals surface area (Å²) in [6.07, 6.45) is 9.27. The lowest BCUT2D eigenvalue weighted by Crippen LogP contribution is -2.14. The molecule has 3 rings (SSSR count). The molecule has 0 aliphatic carbocycles. The molecule has 6 nitrogen and oxygen atoms in total. The van der Waals surface area contributed by atoms with Crippen molar-refractivity contribution < 1.29 is 19.8 Å². The first-order valence-corrected chi connectivity index (χ1v) is 9.56. The molecule has 6 heteroatoms. The lowest BCUT2D eigenvalue weighted by atomic mass is 9.92. The summed E-state index contributed by atoms with van der Waals surface area (Å²) in [6.45, 7) is 4.85. The Kier molecular flexibility index (Phi) is 8.59. The molecule has 1 aliphatic heterocycles. The average molecular weight is 406 g/mol. The van der Waals surface area contributed by atoms with E-state index in [1.54, 1.807) is 0 Å². The quantitative estimate of drug-likeness (QED) is 0.466. The first-order chi connectivity index (χ1) is 14.4. The van der Waals surface area contributed by atoms with Crippen molar-refractivity contribution in [3.05, 3.63) is 91.2 Å². The maximum atomic E-state index is 9.55. The molecule has 4 N–H and O–H groups in total. The number of nitrogens with two attached hydrogens (primary N) is 1. The predicted octanol–water partition coefficient (Wildman–Crippen LogP) is 4.37. The largest absolute Gasteiger partial charge is 0.478 e. The van der Waals surface area contributed by atoms with E-state index in [-0.39, 0.29) is 6.04 Å². The Bertz CT molecular complexity index is 934. The lowest BCUT2D eigenvalue weighted by molar-refractivity contribution is -0.134. The summed E-state index contributed by atoms with van der Waals surface area (Å²) >= 11 is 0. The minimum absolute atomic E-state index is 0.0177. The van der Waals surface area contributed by atoms with Gasteiger partial charge in [-0.2, -0.15) is 0 Å². The van der Waals surface area contributed by atoms with Crippen LogP contribution in [0.4, 0.5) is 5.69 Å². The topological polar surface area (TPSA) is 104 Å². The van der Waals surface area contributed by atoms with E-state index in [1.165, 1.54) is 22.4 Å². The molecular weight excluding hydrogens is 380 g/mol. The minimum atomic E-state index is -1.26. The number of hydrogen-bond donors (Lipinski definition) is 3. The summed E-state index contributed by atoms with van der Waals surface area (Å²) in [5, 5.41) is 15.6. The van der Waals surface area contributed by atoms with Crippen LogP contribution in [0.5, 0.6) is 0 Å². The van der Waals surface area contributed by atoms with E-state index < -0.39 is 11.9 Å². The standard InChI is InChI=1S/C20H22N2.C4H4O4/c1-2-9-19(21)17-11-4-3-10-16(17)18-12-5-6-13-20(18)22-14-7-8-15-22;5-3(6)1-2-4(7)8/h2-7,10-14,19H,1,8-9,15,21H2;1-2H,(H,5,6)(H,7,8)/b;2-1+. The molecule has 1 unspecified atom stereocenters. The maximum Gasteiger partial charge on any atom is 0.328 e. The molecule has 2 aromatic rings. The van der Waals surface area contributed by atoms with Crippen molar-refractivity contribution in [3.8, 4) is 11.1 Å². The maximum absolute atomic E-state index is 9.55. The molecule has 0 saturated heterocycles. The van der Waals surface area contributed by atoms with Gasteiger partial charge in [-0.25, -0.2) is 9.59 Å². The Labute approximate surface area is 176 Å². The van der Waals surface area contributed by atoms with E-state index in [0.717, 1.165) is 19.4 Å². The van der Waals surface area contributed by atoms with E-state index in [2.05, 4.69) is 72.3 Å². The van der Waals surface area contributed by atoms with Gasteiger partial charge < -0.3 is 20.8 Å². The van der Waals surface area contributed by atoms with Crippen LogP contribution < -0.4 is 10.6 Å². The fourth-order valence-electron chi connectivity index (χ4n) is 3.16. The number of aliphatic carboxylic acids is 2. The molecule has 0 amide bonds. The van der Waals surface area contributed by atoms with Crippen LogP contribution in [-0.2, 0) is 9.59 Å². The molecule has 0 aromatic heterocycles. The van der Waals surface area contributed by atoms with Crippen LogP contribution in [0.3, 0.4) is 0 Å². The van der Waals surface area contributed by atoms with Gasteiger partial charge in [-0.3, -0.25) is 0 Å². The molecule has 1 atom stereocenters. The molecule has 156 valence electrons. The van der Waals surface area contributed by atoms with Crippen molar-refractivity contribution in [3.63, 3.8) is 0 Å². The van der Waals surface area contributed by atoms with E-state index in [1.807, 2.05) is 6.08 Å². The number of hydrogen-bond acceptors (Lipinski definition) is 4. The zero-order valence-corrected chi connectivity index (χ0v) is 16.6. The number of nitrogens with zero attached hydrogens (tertiary/aromatic N) is 1. The van der Waals surface area contributed by atoms with Crippen LogP contribution in [0.2, 0.25) is 0 Å². The Morgan fingerprint density at radius 1 is 1.03 bits per heavy atom. The molecular formula is C24H26N2O4. The average Bonchev–Trinajstić information content (AvgIpc) is 3.28. The highest BCUT2D eigenvalue weighted by Gasteiger charge is 2.16. The van der Waals surface area contributed by atoms with Crippen LogP contribution in [0.1, 0.15) is 24.4 Å². The smallest absolute Gasteiger partial charge is 0.328 e. The second-order valence-electron chi connectivity index (χ2n) is 6.61. The number of para-hydroxylation sites is 1. The molecule has 30 heavy (non-hydrogen) atoms.